The third-order valence-electron chi connectivity index (χ3n) is 3.27. The molecule has 0 bridgehead atoms. The zero-order chi connectivity index (χ0) is 12.5. The molecule has 4 nitrogen and oxygen atoms in total. The van der Waals surface area contributed by atoms with Crippen LogP contribution >= 0.6 is 11.8 Å². The maximum absolute atomic E-state index is 11.7. The summed E-state index contributed by atoms with van der Waals surface area (Å²) in [4.78, 5) is 18.0. The van der Waals surface area contributed by atoms with Gasteiger partial charge in [-0.1, -0.05) is 23.9 Å². The predicted molar refractivity (Wildman–Crippen MR) is 72.0 cm³/mol. The quantitative estimate of drug-likeness (QED) is 0.818. The predicted octanol–water partition coefficient (Wildman–Crippen LogP) is 2.07. The molecule has 0 N–H and O–H groups in total. The molecule has 0 aromatic heterocycles. The average Bonchev–Trinajstić information content (AvgIpc) is 2.86. The molecule has 1 saturated heterocycles. The smallest absolute Gasteiger partial charge is 0.250 e. The van der Waals surface area contributed by atoms with Gasteiger partial charge in [-0.05, 0) is 17.7 Å². The van der Waals surface area contributed by atoms with E-state index in [4.69, 9.17) is 4.74 Å². The SMILES string of the molecule is COc1ccc([C@@H]2CC(=O)N=C3SCCN32)cc1. The third-order valence-corrected chi connectivity index (χ3v) is 4.24. The second-order valence-corrected chi connectivity index (χ2v) is 5.39. The summed E-state index contributed by atoms with van der Waals surface area (Å²) in [5, 5.41) is 0.882. The van der Waals surface area contributed by atoms with Crippen molar-refractivity contribution in [1.29, 1.82) is 0 Å². The molecule has 2 aliphatic rings. The van der Waals surface area contributed by atoms with Crippen molar-refractivity contribution in [3.05, 3.63) is 29.8 Å². The van der Waals surface area contributed by atoms with Crippen molar-refractivity contribution in [3.63, 3.8) is 0 Å². The summed E-state index contributed by atoms with van der Waals surface area (Å²) in [6, 6.07) is 8.07. The fourth-order valence-corrected chi connectivity index (χ4v) is 3.37. The van der Waals surface area contributed by atoms with E-state index in [0.29, 0.717) is 6.42 Å². The minimum atomic E-state index is -0.0172. The number of benzene rings is 1. The number of fused-ring (bicyclic) bond motifs is 1. The first kappa shape index (κ1) is 11.6. The lowest BCUT2D eigenvalue weighted by Crippen LogP contribution is -2.35. The number of hydrogen-bond acceptors (Lipinski definition) is 4. The molecule has 5 heteroatoms. The van der Waals surface area contributed by atoms with Crippen LogP contribution in [-0.4, -0.2) is 35.4 Å². The number of carbonyl (C=O) groups excluding carboxylic acids is 1. The first-order valence-corrected chi connectivity index (χ1v) is 6.91. The van der Waals surface area contributed by atoms with Gasteiger partial charge >= 0.3 is 0 Å². The van der Waals surface area contributed by atoms with Crippen LogP contribution in [0.1, 0.15) is 18.0 Å². The molecule has 1 aromatic carbocycles. The van der Waals surface area contributed by atoms with Crippen LogP contribution in [0.25, 0.3) is 0 Å². The van der Waals surface area contributed by atoms with Gasteiger partial charge in [0.15, 0.2) is 5.17 Å². The van der Waals surface area contributed by atoms with Crippen LogP contribution in [-0.2, 0) is 4.79 Å². The minimum absolute atomic E-state index is 0.0172. The number of hydrogen-bond donors (Lipinski definition) is 0. The van der Waals surface area contributed by atoms with Gasteiger partial charge in [0.05, 0.1) is 19.6 Å². The number of aliphatic imine (C=N–C) groups is 1. The van der Waals surface area contributed by atoms with E-state index in [1.165, 1.54) is 0 Å². The van der Waals surface area contributed by atoms with E-state index in [2.05, 4.69) is 9.89 Å². The second kappa shape index (κ2) is 4.65. The topological polar surface area (TPSA) is 41.9 Å². The lowest BCUT2D eigenvalue weighted by atomic mass is 10.0. The molecule has 1 fully saturated rings. The Bertz CT molecular complexity index is 498. The van der Waals surface area contributed by atoms with E-state index in [0.717, 1.165) is 28.8 Å². The van der Waals surface area contributed by atoms with Gasteiger partial charge in [-0.25, -0.2) is 0 Å². The Morgan fingerprint density at radius 1 is 1.39 bits per heavy atom. The molecule has 2 aliphatic heterocycles. The number of thioether (sulfide) groups is 1. The first-order chi connectivity index (χ1) is 8.78. The number of amides is 1. The van der Waals surface area contributed by atoms with Crippen LogP contribution in [0.15, 0.2) is 29.3 Å². The molecule has 2 heterocycles. The van der Waals surface area contributed by atoms with Crippen LogP contribution in [0.2, 0.25) is 0 Å². The average molecular weight is 262 g/mol. The molecular weight excluding hydrogens is 248 g/mol. The number of carbonyl (C=O) groups is 1. The molecule has 0 saturated carbocycles. The summed E-state index contributed by atoms with van der Waals surface area (Å²) in [7, 11) is 1.65. The van der Waals surface area contributed by atoms with Crippen molar-refractivity contribution in [2.45, 2.75) is 12.5 Å². The van der Waals surface area contributed by atoms with Crippen LogP contribution in [0, 0.1) is 0 Å². The van der Waals surface area contributed by atoms with Crippen LogP contribution in [0.3, 0.4) is 0 Å². The Hall–Kier alpha value is -1.49. The Morgan fingerprint density at radius 2 is 2.17 bits per heavy atom. The summed E-state index contributed by atoms with van der Waals surface area (Å²) >= 11 is 1.67. The van der Waals surface area contributed by atoms with E-state index in [9.17, 15) is 4.79 Å². The maximum Gasteiger partial charge on any atom is 0.250 e. The summed E-state index contributed by atoms with van der Waals surface area (Å²) in [6.45, 7) is 0.966. The molecule has 18 heavy (non-hydrogen) atoms. The Labute approximate surface area is 110 Å². The first-order valence-electron chi connectivity index (χ1n) is 5.93. The largest absolute Gasteiger partial charge is 0.497 e. The number of amidine groups is 1. The highest BCUT2D eigenvalue weighted by Crippen LogP contribution is 2.35. The summed E-state index contributed by atoms with van der Waals surface area (Å²) < 4.78 is 5.16. The molecule has 0 unspecified atom stereocenters. The van der Waals surface area contributed by atoms with Gasteiger partial charge < -0.3 is 9.64 Å². The fourth-order valence-electron chi connectivity index (χ4n) is 2.35. The van der Waals surface area contributed by atoms with E-state index < -0.39 is 0 Å². The van der Waals surface area contributed by atoms with E-state index >= 15 is 0 Å². The summed E-state index contributed by atoms with van der Waals surface area (Å²) in [5.74, 6) is 1.83. The monoisotopic (exact) mass is 262 g/mol. The standard InChI is InChI=1S/C13H14N2O2S/c1-17-10-4-2-9(3-5-10)11-8-12(16)14-13-15(11)6-7-18-13/h2-5,11H,6-8H2,1H3/t11-/m0/s1. The summed E-state index contributed by atoms with van der Waals surface area (Å²) in [6.07, 6.45) is 0.469. The Morgan fingerprint density at radius 3 is 2.89 bits per heavy atom. The molecular formula is C13H14N2O2S. The maximum atomic E-state index is 11.7. The fraction of sp³-hybridized carbons (Fsp3) is 0.385. The molecule has 3 rings (SSSR count). The van der Waals surface area contributed by atoms with Crippen molar-refractivity contribution in [1.82, 2.24) is 4.90 Å². The van der Waals surface area contributed by atoms with E-state index in [1.54, 1.807) is 18.9 Å². The zero-order valence-electron chi connectivity index (χ0n) is 10.1. The normalized spacial score (nSPS) is 22.7. The molecule has 0 spiro atoms. The zero-order valence-corrected chi connectivity index (χ0v) is 10.9. The minimum Gasteiger partial charge on any atom is -0.497 e. The van der Waals surface area contributed by atoms with Gasteiger partial charge in [0.2, 0.25) is 0 Å². The van der Waals surface area contributed by atoms with Gasteiger partial charge in [-0.15, -0.1) is 0 Å². The number of nitrogens with zero attached hydrogens (tertiary/aromatic N) is 2. The van der Waals surface area contributed by atoms with Gasteiger partial charge in [-0.3, -0.25) is 4.79 Å². The van der Waals surface area contributed by atoms with Crippen molar-refractivity contribution in [2.24, 2.45) is 4.99 Å². The lowest BCUT2D eigenvalue weighted by molar-refractivity contribution is -0.119. The second-order valence-electron chi connectivity index (χ2n) is 4.32. The molecule has 1 aromatic rings. The van der Waals surface area contributed by atoms with Crippen LogP contribution in [0.4, 0.5) is 0 Å². The van der Waals surface area contributed by atoms with Crippen molar-refractivity contribution in [2.75, 3.05) is 19.4 Å². The van der Waals surface area contributed by atoms with Crippen LogP contribution < -0.4 is 4.74 Å². The number of rotatable bonds is 2. The van der Waals surface area contributed by atoms with Gasteiger partial charge in [0.1, 0.15) is 5.75 Å². The highest BCUT2D eigenvalue weighted by atomic mass is 32.2. The molecule has 94 valence electrons. The number of ether oxygens (including phenoxy) is 1. The van der Waals surface area contributed by atoms with Gasteiger partial charge in [0.25, 0.3) is 5.91 Å². The van der Waals surface area contributed by atoms with E-state index in [1.807, 2.05) is 24.3 Å². The van der Waals surface area contributed by atoms with E-state index in [-0.39, 0.29) is 11.9 Å². The molecule has 0 radical (unpaired) electrons. The highest BCUT2D eigenvalue weighted by Gasteiger charge is 2.34. The summed E-state index contributed by atoms with van der Waals surface area (Å²) in [5.41, 5.74) is 1.15. The Balaban J connectivity index is 1.90. The van der Waals surface area contributed by atoms with Crippen molar-refractivity contribution >= 4 is 22.8 Å². The third kappa shape index (κ3) is 1.99. The van der Waals surface area contributed by atoms with Crippen molar-refractivity contribution < 1.29 is 9.53 Å². The molecule has 1 amide bonds. The van der Waals surface area contributed by atoms with Crippen LogP contribution in [0.5, 0.6) is 5.75 Å². The van der Waals surface area contributed by atoms with Gasteiger partial charge in [0, 0.05) is 12.3 Å². The number of methoxy groups -OCH3 is 1. The highest BCUT2D eigenvalue weighted by molar-refractivity contribution is 8.14. The lowest BCUT2D eigenvalue weighted by Gasteiger charge is -2.31. The molecule has 1 atom stereocenters. The molecule has 0 aliphatic carbocycles. The van der Waals surface area contributed by atoms with Gasteiger partial charge in [-0.2, -0.15) is 4.99 Å². The Kier molecular flexibility index (Phi) is 2.99. The van der Waals surface area contributed by atoms with Crippen molar-refractivity contribution in [3.8, 4) is 5.75 Å².